The highest BCUT2D eigenvalue weighted by Crippen LogP contribution is 2.19. The Morgan fingerprint density at radius 1 is 1.16 bits per heavy atom. The highest BCUT2D eigenvalue weighted by molar-refractivity contribution is 5.93. The third-order valence-corrected chi connectivity index (χ3v) is 4.41. The number of nitrogens with one attached hydrogen (secondary N) is 1. The molecule has 1 N–H and O–H groups in total. The Morgan fingerprint density at radius 3 is 2.56 bits per heavy atom. The largest absolute Gasteiger partial charge is 0.378 e. The SMILES string of the molecule is CC(Nc1ccnc(C(=O)N2CCN(C=O)CC2)c1)c1ccccc1. The van der Waals surface area contributed by atoms with Crippen molar-refractivity contribution >= 4 is 18.0 Å². The Bertz CT molecular complexity index is 727. The Labute approximate surface area is 147 Å². The fourth-order valence-corrected chi connectivity index (χ4v) is 2.90. The summed E-state index contributed by atoms with van der Waals surface area (Å²) in [4.78, 5) is 31.0. The Balaban J connectivity index is 1.67. The van der Waals surface area contributed by atoms with Gasteiger partial charge >= 0.3 is 0 Å². The van der Waals surface area contributed by atoms with Crippen LogP contribution in [0, 0.1) is 0 Å². The van der Waals surface area contributed by atoms with Crippen LogP contribution in [0.2, 0.25) is 0 Å². The van der Waals surface area contributed by atoms with E-state index in [4.69, 9.17) is 0 Å². The maximum atomic E-state index is 12.6. The number of pyridine rings is 1. The number of benzene rings is 1. The van der Waals surface area contributed by atoms with E-state index in [1.165, 1.54) is 5.56 Å². The second-order valence-corrected chi connectivity index (χ2v) is 6.14. The first kappa shape index (κ1) is 17.0. The third kappa shape index (κ3) is 4.15. The van der Waals surface area contributed by atoms with Crippen molar-refractivity contribution < 1.29 is 9.59 Å². The summed E-state index contributed by atoms with van der Waals surface area (Å²) < 4.78 is 0. The second kappa shape index (κ2) is 7.79. The van der Waals surface area contributed by atoms with E-state index in [-0.39, 0.29) is 11.9 Å². The number of piperazine rings is 1. The number of carbonyl (C=O) groups excluding carboxylic acids is 2. The van der Waals surface area contributed by atoms with Crippen LogP contribution in [0.15, 0.2) is 48.7 Å². The van der Waals surface area contributed by atoms with Gasteiger partial charge in [-0.05, 0) is 24.6 Å². The molecule has 3 rings (SSSR count). The normalized spacial score (nSPS) is 15.6. The number of rotatable bonds is 5. The van der Waals surface area contributed by atoms with Crippen LogP contribution >= 0.6 is 0 Å². The topological polar surface area (TPSA) is 65.5 Å². The van der Waals surface area contributed by atoms with Crippen molar-refractivity contribution in [2.24, 2.45) is 0 Å². The van der Waals surface area contributed by atoms with Gasteiger partial charge in [-0.15, -0.1) is 0 Å². The van der Waals surface area contributed by atoms with Crippen LogP contribution in [0.4, 0.5) is 5.69 Å². The number of hydrogen-bond acceptors (Lipinski definition) is 4. The lowest BCUT2D eigenvalue weighted by atomic mass is 10.1. The molecule has 1 aromatic carbocycles. The lowest BCUT2D eigenvalue weighted by Gasteiger charge is -2.32. The average Bonchev–Trinajstić information content (AvgIpc) is 2.68. The summed E-state index contributed by atoms with van der Waals surface area (Å²) in [5.41, 5.74) is 2.46. The fourth-order valence-electron chi connectivity index (χ4n) is 2.90. The van der Waals surface area contributed by atoms with E-state index >= 15 is 0 Å². The van der Waals surface area contributed by atoms with E-state index in [2.05, 4.69) is 29.4 Å². The molecule has 0 bridgehead atoms. The van der Waals surface area contributed by atoms with Gasteiger partial charge in [-0.25, -0.2) is 0 Å². The van der Waals surface area contributed by atoms with Gasteiger partial charge in [0.05, 0.1) is 0 Å². The molecule has 0 saturated carbocycles. The van der Waals surface area contributed by atoms with Gasteiger partial charge in [-0.2, -0.15) is 0 Å². The standard InChI is InChI=1S/C19H22N4O2/c1-15(16-5-3-2-4-6-16)21-17-7-8-20-18(13-17)19(25)23-11-9-22(14-24)10-12-23/h2-8,13-15H,9-12H2,1H3,(H,20,21). The van der Waals surface area contributed by atoms with Crippen molar-refractivity contribution in [3.8, 4) is 0 Å². The van der Waals surface area contributed by atoms with Gasteiger partial charge in [-0.1, -0.05) is 30.3 Å². The molecule has 0 aliphatic carbocycles. The molecule has 0 spiro atoms. The minimum absolute atomic E-state index is 0.0958. The Hall–Kier alpha value is -2.89. The molecule has 0 radical (unpaired) electrons. The predicted molar refractivity (Wildman–Crippen MR) is 96.3 cm³/mol. The molecule has 1 saturated heterocycles. The molecular weight excluding hydrogens is 316 g/mol. The second-order valence-electron chi connectivity index (χ2n) is 6.14. The van der Waals surface area contributed by atoms with Crippen molar-refractivity contribution in [1.82, 2.24) is 14.8 Å². The smallest absolute Gasteiger partial charge is 0.272 e. The zero-order valence-electron chi connectivity index (χ0n) is 14.3. The van der Waals surface area contributed by atoms with Gasteiger partial charge in [0.15, 0.2) is 0 Å². The van der Waals surface area contributed by atoms with E-state index in [0.717, 1.165) is 12.1 Å². The van der Waals surface area contributed by atoms with Crippen molar-refractivity contribution in [3.05, 3.63) is 59.9 Å². The van der Waals surface area contributed by atoms with E-state index in [0.29, 0.717) is 31.9 Å². The lowest BCUT2D eigenvalue weighted by molar-refractivity contribution is -0.119. The average molecular weight is 338 g/mol. The van der Waals surface area contributed by atoms with E-state index in [1.807, 2.05) is 24.3 Å². The summed E-state index contributed by atoms with van der Waals surface area (Å²) in [6, 6.07) is 13.9. The van der Waals surface area contributed by atoms with Crippen LogP contribution in [-0.2, 0) is 4.79 Å². The van der Waals surface area contributed by atoms with Crippen LogP contribution in [0.25, 0.3) is 0 Å². The molecular formula is C19H22N4O2. The van der Waals surface area contributed by atoms with Crippen molar-refractivity contribution in [1.29, 1.82) is 0 Å². The zero-order valence-corrected chi connectivity index (χ0v) is 14.3. The van der Waals surface area contributed by atoms with Crippen LogP contribution in [0.5, 0.6) is 0 Å². The van der Waals surface area contributed by atoms with Crippen molar-refractivity contribution in [3.63, 3.8) is 0 Å². The maximum absolute atomic E-state index is 12.6. The summed E-state index contributed by atoms with van der Waals surface area (Å²) in [6.45, 7) is 4.29. The van der Waals surface area contributed by atoms with Gasteiger partial charge < -0.3 is 15.1 Å². The molecule has 1 aliphatic rings. The molecule has 1 aliphatic heterocycles. The molecule has 25 heavy (non-hydrogen) atoms. The van der Waals surface area contributed by atoms with E-state index in [9.17, 15) is 9.59 Å². The quantitative estimate of drug-likeness (QED) is 0.849. The van der Waals surface area contributed by atoms with Crippen molar-refractivity contribution in [2.75, 3.05) is 31.5 Å². The van der Waals surface area contributed by atoms with Gasteiger partial charge in [0.1, 0.15) is 5.69 Å². The molecule has 2 aromatic rings. The van der Waals surface area contributed by atoms with Crippen LogP contribution in [0.1, 0.15) is 29.0 Å². The van der Waals surface area contributed by atoms with Gasteiger partial charge in [-0.3, -0.25) is 14.6 Å². The fraction of sp³-hybridized carbons (Fsp3) is 0.316. The zero-order chi connectivity index (χ0) is 17.6. The van der Waals surface area contributed by atoms with Gasteiger partial charge in [0.25, 0.3) is 5.91 Å². The number of hydrogen-bond donors (Lipinski definition) is 1. The van der Waals surface area contributed by atoms with E-state index < -0.39 is 0 Å². The monoisotopic (exact) mass is 338 g/mol. The molecule has 1 aromatic heterocycles. The highest BCUT2D eigenvalue weighted by atomic mass is 16.2. The van der Waals surface area contributed by atoms with Crippen LogP contribution < -0.4 is 5.32 Å². The van der Waals surface area contributed by atoms with Crippen molar-refractivity contribution in [2.45, 2.75) is 13.0 Å². The maximum Gasteiger partial charge on any atom is 0.272 e. The van der Waals surface area contributed by atoms with Gasteiger partial charge in [0, 0.05) is 44.1 Å². The highest BCUT2D eigenvalue weighted by Gasteiger charge is 2.22. The minimum atomic E-state index is -0.0958. The summed E-state index contributed by atoms with van der Waals surface area (Å²) in [6.07, 6.45) is 2.48. The molecule has 1 atom stereocenters. The molecule has 1 unspecified atom stereocenters. The Kier molecular flexibility index (Phi) is 5.28. The van der Waals surface area contributed by atoms with Gasteiger partial charge in [0.2, 0.25) is 6.41 Å². The molecule has 2 heterocycles. The predicted octanol–water partition coefficient (Wildman–Crippen LogP) is 2.17. The van der Waals surface area contributed by atoms with Crippen LogP contribution in [-0.4, -0.2) is 53.3 Å². The number of anilines is 1. The number of amides is 2. The molecule has 2 amide bonds. The minimum Gasteiger partial charge on any atom is -0.378 e. The third-order valence-electron chi connectivity index (χ3n) is 4.41. The number of carbonyl (C=O) groups is 2. The molecule has 1 fully saturated rings. The number of aromatic nitrogens is 1. The number of nitrogens with zero attached hydrogens (tertiary/aromatic N) is 3. The summed E-state index contributed by atoms with van der Waals surface area (Å²) >= 11 is 0. The first-order valence-corrected chi connectivity index (χ1v) is 8.43. The molecule has 6 nitrogen and oxygen atoms in total. The summed E-state index contributed by atoms with van der Waals surface area (Å²) in [7, 11) is 0. The summed E-state index contributed by atoms with van der Waals surface area (Å²) in [5.74, 6) is -0.0958. The first-order chi connectivity index (χ1) is 12.2. The molecule has 130 valence electrons. The first-order valence-electron chi connectivity index (χ1n) is 8.43. The Morgan fingerprint density at radius 2 is 1.88 bits per heavy atom. The van der Waals surface area contributed by atoms with E-state index in [1.54, 1.807) is 22.1 Å². The summed E-state index contributed by atoms with van der Waals surface area (Å²) in [5, 5.41) is 3.41. The lowest BCUT2D eigenvalue weighted by Crippen LogP contribution is -2.48. The molecule has 6 heteroatoms. The van der Waals surface area contributed by atoms with Crippen LogP contribution in [0.3, 0.4) is 0 Å².